The molecule has 1 heterocycles. The number of hydrogen-bond donors (Lipinski definition) is 1. The molecule has 1 aliphatic heterocycles. The molecule has 1 aromatic rings. The van der Waals surface area contributed by atoms with Crippen LogP contribution in [0.2, 0.25) is 0 Å². The van der Waals surface area contributed by atoms with Crippen LogP contribution in [0.25, 0.3) is 0 Å². The van der Waals surface area contributed by atoms with Crippen molar-refractivity contribution in [1.82, 2.24) is 9.80 Å². The molecule has 0 spiro atoms. The third-order valence-electron chi connectivity index (χ3n) is 6.86. The van der Waals surface area contributed by atoms with E-state index >= 15 is 0 Å². The largest absolute Gasteiger partial charge is 0.389 e. The summed E-state index contributed by atoms with van der Waals surface area (Å²) in [5, 5.41) is 11.7. The lowest BCUT2D eigenvalue weighted by atomic mass is 9.64. The number of aliphatic hydroxyl groups is 1. The van der Waals surface area contributed by atoms with Gasteiger partial charge in [-0.05, 0) is 61.8 Å². The van der Waals surface area contributed by atoms with E-state index in [0.717, 1.165) is 49.1 Å². The average molecular weight is 451 g/mol. The molecule has 1 saturated heterocycles. The second-order valence-electron chi connectivity index (χ2n) is 9.86. The van der Waals surface area contributed by atoms with E-state index in [1.165, 1.54) is 0 Å². The van der Waals surface area contributed by atoms with Gasteiger partial charge in [-0.15, -0.1) is 0 Å². The highest BCUT2D eigenvalue weighted by Crippen LogP contribution is 2.47. The van der Waals surface area contributed by atoms with Crippen molar-refractivity contribution in [2.24, 2.45) is 11.3 Å². The summed E-state index contributed by atoms with van der Waals surface area (Å²) >= 11 is 3.55. The SMILES string of the molecule is CN1CCN(C(=O)C(c2cccc(Br)c2)C2(O)CCC(C(C)(C)C)CC2)CC1. The van der Waals surface area contributed by atoms with Gasteiger partial charge in [-0.3, -0.25) is 4.79 Å². The zero-order chi connectivity index (χ0) is 20.5. The molecule has 1 unspecified atom stereocenters. The van der Waals surface area contributed by atoms with E-state index in [2.05, 4.69) is 48.6 Å². The van der Waals surface area contributed by atoms with E-state index in [1.54, 1.807) is 0 Å². The Kier molecular flexibility index (Phi) is 6.58. The maximum Gasteiger partial charge on any atom is 0.233 e. The van der Waals surface area contributed by atoms with Crippen LogP contribution in [-0.4, -0.2) is 59.6 Å². The van der Waals surface area contributed by atoms with Crippen LogP contribution in [0.3, 0.4) is 0 Å². The van der Waals surface area contributed by atoms with Crippen LogP contribution in [0.4, 0.5) is 0 Å². The second-order valence-corrected chi connectivity index (χ2v) is 10.8. The highest BCUT2D eigenvalue weighted by atomic mass is 79.9. The Labute approximate surface area is 178 Å². The zero-order valence-electron chi connectivity index (χ0n) is 17.7. The monoisotopic (exact) mass is 450 g/mol. The number of likely N-dealkylation sites (N-methyl/N-ethyl adjacent to an activating group) is 1. The van der Waals surface area contributed by atoms with Crippen LogP contribution < -0.4 is 0 Å². The highest BCUT2D eigenvalue weighted by Gasteiger charge is 2.47. The summed E-state index contributed by atoms with van der Waals surface area (Å²) in [4.78, 5) is 17.8. The molecule has 1 amide bonds. The lowest BCUT2D eigenvalue weighted by molar-refractivity contribution is -0.144. The molecule has 1 aliphatic carbocycles. The summed E-state index contributed by atoms with van der Waals surface area (Å²) in [6.07, 6.45) is 3.32. The van der Waals surface area contributed by atoms with Crippen molar-refractivity contribution < 1.29 is 9.90 Å². The number of rotatable bonds is 3. The third kappa shape index (κ3) is 4.80. The van der Waals surface area contributed by atoms with Crippen LogP contribution in [0.15, 0.2) is 28.7 Å². The third-order valence-corrected chi connectivity index (χ3v) is 7.35. The molecule has 1 atom stereocenters. The van der Waals surface area contributed by atoms with Gasteiger partial charge in [-0.25, -0.2) is 0 Å². The predicted octanol–water partition coefficient (Wildman–Crippen LogP) is 4.27. The molecule has 28 heavy (non-hydrogen) atoms. The first-order valence-electron chi connectivity index (χ1n) is 10.6. The molecular formula is C23H35BrN2O2. The molecule has 2 fully saturated rings. The Morgan fingerprint density at radius 1 is 1.18 bits per heavy atom. The van der Waals surface area contributed by atoms with Crippen molar-refractivity contribution in [3.63, 3.8) is 0 Å². The van der Waals surface area contributed by atoms with Gasteiger partial charge in [-0.2, -0.15) is 0 Å². The smallest absolute Gasteiger partial charge is 0.233 e. The highest BCUT2D eigenvalue weighted by molar-refractivity contribution is 9.10. The lowest BCUT2D eigenvalue weighted by Crippen LogP contribution is -2.53. The van der Waals surface area contributed by atoms with Crippen molar-refractivity contribution in [3.05, 3.63) is 34.3 Å². The fraction of sp³-hybridized carbons (Fsp3) is 0.696. The van der Waals surface area contributed by atoms with Crippen LogP contribution in [0, 0.1) is 11.3 Å². The van der Waals surface area contributed by atoms with Crippen molar-refractivity contribution in [2.45, 2.75) is 58.0 Å². The number of piperazine rings is 1. The van der Waals surface area contributed by atoms with Crippen molar-refractivity contribution in [3.8, 4) is 0 Å². The number of halogens is 1. The Morgan fingerprint density at radius 2 is 1.79 bits per heavy atom. The Morgan fingerprint density at radius 3 is 2.32 bits per heavy atom. The van der Waals surface area contributed by atoms with Crippen LogP contribution in [0.5, 0.6) is 0 Å². The van der Waals surface area contributed by atoms with E-state index in [1.807, 2.05) is 29.2 Å². The minimum atomic E-state index is -0.969. The van der Waals surface area contributed by atoms with Crippen molar-refractivity contribution >= 4 is 21.8 Å². The summed E-state index contributed by atoms with van der Waals surface area (Å²) < 4.78 is 0.952. The summed E-state index contributed by atoms with van der Waals surface area (Å²) in [7, 11) is 2.09. The quantitative estimate of drug-likeness (QED) is 0.747. The molecule has 1 saturated carbocycles. The zero-order valence-corrected chi connectivity index (χ0v) is 19.3. The molecule has 0 radical (unpaired) electrons. The molecule has 156 valence electrons. The number of hydrogen-bond acceptors (Lipinski definition) is 3. The van der Waals surface area contributed by atoms with Crippen molar-refractivity contribution in [1.29, 1.82) is 0 Å². The minimum absolute atomic E-state index is 0.0860. The first-order valence-corrected chi connectivity index (χ1v) is 11.3. The Bertz CT molecular complexity index is 684. The average Bonchev–Trinajstić information content (AvgIpc) is 2.62. The summed E-state index contributed by atoms with van der Waals surface area (Å²) in [5.74, 6) is 0.187. The Hall–Kier alpha value is -0.910. The summed E-state index contributed by atoms with van der Waals surface area (Å²) in [6.45, 7) is 10.1. The number of amides is 1. The van der Waals surface area contributed by atoms with E-state index in [0.29, 0.717) is 18.8 Å². The van der Waals surface area contributed by atoms with Crippen molar-refractivity contribution in [2.75, 3.05) is 33.2 Å². The van der Waals surface area contributed by atoms with Gasteiger partial charge in [0.25, 0.3) is 0 Å². The van der Waals surface area contributed by atoms with Gasteiger partial charge in [0.1, 0.15) is 0 Å². The van der Waals surface area contributed by atoms with Gasteiger partial charge in [0.2, 0.25) is 5.91 Å². The van der Waals surface area contributed by atoms with Gasteiger partial charge < -0.3 is 14.9 Å². The number of nitrogens with zero attached hydrogens (tertiary/aromatic N) is 2. The van der Waals surface area contributed by atoms with Crippen LogP contribution in [0.1, 0.15) is 57.9 Å². The fourth-order valence-electron chi connectivity index (χ4n) is 4.85. The topological polar surface area (TPSA) is 43.8 Å². The van der Waals surface area contributed by atoms with Gasteiger partial charge >= 0.3 is 0 Å². The van der Waals surface area contributed by atoms with E-state index in [-0.39, 0.29) is 11.3 Å². The lowest BCUT2D eigenvalue weighted by Gasteiger charge is -2.46. The minimum Gasteiger partial charge on any atom is -0.389 e. The van der Waals surface area contributed by atoms with Gasteiger partial charge in [0, 0.05) is 30.7 Å². The predicted molar refractivity (Wildman–Crippen MR) is 117 cm³/mol. The molecule has 4 nitrogen and oxygen atoms in total. The maximum absolute atomic E-state index is 13.6. The van der Waals surface area contributed by atoms with Crippen LogP contribution >= 0.6 is 15.9 Å². The summed E-state index contributed by atoms with van der Waals surface area (Å²) in [6, 6.07) is 7.94. The molecule has 5 heteroatoms. The van der Waals surface area contributed by atoms with Gasteiger partial charge in [-0.1, -0.05) is 48.8 Å². The molecule has 2 aliphatic rings. The van der Waals surface area contributed by atoms with E-state index in [4.69, 9.17) is 0 Å². The first-order chi connectivity index (χ1) is 13.1. The number of carbonyl (C=O) groups is 1. The molecule has 0 bridgehead atoms. The molecule has 0 aromatic heterocycles. The molecule has 1 aromatic carbocycles. The van der Waals surface area contributed by atoms with E-state index < -0.39 is 11.5 Å². The molecular weight excluding hydrogens is 416 g/mol. The molecule has 1 N–H and O–H groups in total. The number of carbonyl (C=O) groups excluding carboxylic acids is 1. The molecule has 3 rings (SSSR count). The maximum atomic E-state index is 13.6. The van der Waals surface area contributed by atoms with Gasteiger partial charge in [0.05, 0.1) is 11.5 Å². The van der Waals surface area contributed by atoms with Gasteiger partial charge in [0.15, 0.2) is 0 Å². The fourth-order valence-corrected chi connectivity index (χ4v) is 5.27. The van der Waals surface area contributed by atoms with Crippen LogP contribution in [-0.2, 0) is 4.79 Å². The standard InChI is InChI=1S/C23H35BrN2O2/c1-22(2,3)18-8-10-23(28,11-9-18)20(17-6-5-7-19(24)16-17)21(27)26-14-12-25(4)13-15-26/h5-7,16,18,20,28H,8-15H2,1-4H3. The normalized spacial score (nSPS) is 28.2. The Balaban J connectivity index is 1.87. The number of benzene rings is 1. The summed E-state index contributed by atoms with van der Waals surface area (Å²) in [5.41, 5.74) is 0.201. The first kappa shape index (κ1) is 21.8. The second kappa shape index (κ2) is 8.45. The van der Waals surface area contributed by atoms with E-state index in [9.17, 15) is 9.90 Å².